The second-order valence-electron chi connectivity index (χ2n) is 10.5. The highest BCUT2D eigenvalue weighted by molar-refractivity contribution is 9.11. The van der Waals surface area contributed by atoms with Crippen LogP contribution >= 0.6 is 43.2 Å². The second-order valence-corrected chi connectivity index (χ2v) is 13.3. The number of carbonyl (C=O) groups is 2. The van der Waals surface area contributed by atoms with Gasteiger partial charge in [-0.25, -0.2) is 19.0 Å². The van der Waals surface area contributed by atoms with Crippen LogP contribution in [0.25, 0.3) is 6.08 Å². The van der Waals surface area contributed by atoms with E-state index in [-0.39, 0.29) is 37.8 Å². The Morgan fingerprint density at radius 1 is 1.02 bits per heavy atom. The fourth-order valence-electron chi connectivity index (χ4n) is 5.13. The van der Waals surface area contributed by atoms with Crippen LogP contribution in [-0.2, 0) is 25.7 Å². The van der Waals surface area contributed by atoms with Gasteiger partial charge in [-0.15, -0.1) is 0 Å². The number of esters is 2. The van der Waals surface area contributed by atoms with Crippen molar-refractivity contribution in [2.24, 2.45) is 4.99 Å². The van der Waals surface area contributed by atoms with Gasteiger partial charge >= 0.3 is 11.9 Å². The van der Waals surface area contributed by atoms with Crippen molar-refractivity contribution in [3.63, 3.8) is 0 Å². The van der Waals surface area contributed by atoms with E-state index < -0.39 is 29.4 Å². The zero-order valence-corrected chi connectivity index (χ0v) is 30.9. The summed E-state index contributed by atoms with van der Waals surface area (Å²) < 4.78 is 45.1. The van der Waals surface area contributed by atoms with E-state index in [1.54, 1.807) is 75.4 Å². The van der Waals surface area contributed by atoms with Crippen LogP contribution in [0.2, 0.25) is 0 Å². The highest BCUT2D eigenvalue weighted by Crippen LogP contribution is 2.37. The molecule has 0 fully saturated rings. The third-order valence-electron chi connectivity index (χ3n) is 7.33. The quantitative estimate of drug-likeness (QED) is 0.160. The summed E-state index contributed by atoms with van der Waals surface area (Å²) in [5.41, 5.74) is 1.61. The largest absolute Gasteiger partial charge is 0.490 e. The summed E-state index contributed by atoms with van der Waals surface area (Å²) in [5.74, 6) is -0.591. The van der Waals surface area contributed by atoms with Crippen LogP contribution in [0.4, 0.5) is 4.39 Å². The molecule has 0 aliphatic carbocycles. The van der Waals surface area contributed by atoms with Crippen molar-refractivity contribution in [2.75, 3.05) is 26.9 Å². The highest BCUT2D eigenvalue weighted by atomic mass is 79.9. The molecule has 0 radical (unpaired) electrons. The molecule has 1 aromatic heterocycles. The van der Waals surface area contributed by atoms with Gasteiger partial charge in [-0.2, -0.15) is 0 Å². The number of nitrogens with zero attached hydrogens (tertiary/aromatic N) is 2. The van der Waals surface area contributed by atoms with Gasteiger partial charge in [-0.05, 0) is 78.7 Å². The summed E-state index contributed by atoms with van der Waals surface area (Å²) in [6.45, 7) is 5.19. The molecule has 2 heterocycles. The van der Waals surface area contributed by atoms with E-state index in [9.17, 15) is 18.8 Å². The molecular weight excluding hydrogens is 787 g/mol. The second kappa shape index (κ2) is 16.0. The van der Waals surface area contributed by atoms with Gasteiger partial charge in [0.1, 0.15) is 18.2 Å². The number of allylic oxidation sites excluding steroid dienone is 1. The Kier molecular flexibility index (Phi) is 11.7. The Bertz CT molecular complexity index is 2130. The van der Waals surface area contributed by atoms with E-state index in [4.69, 9.17) is 18.9 Å². The standard InChI is InChI=1S/C35H31Br2FN2O8S/c1-5-45-27-14-20(11-12-26(27)47-18-29(41)44-4)31-30(34(43)46-6-2)19(3)39-35-40(31)33(42)28(49-35)15-22-13-23(36)16-24(37)32(22)48-17-21-9-7-8-10-25(21)38/h7-16,31H,5-6,17-18H2,1-4H3/b28-15+/t31-/m0/s1. The number of methoxy groups -OCH3 is 1. The maximum Gasteiger partial charge on any atom is 0.343 e. The summed E-state index contributed by atoms with van der Waals surface area (Å²) in [7, 11) is 1.26. The fourth-order valence-corrected chi connectivity index (χ4v) is 7.54. The normalized spacial score (nSPS) is 14.2. The Hall–Kier alpha value is -4.27. The zero-order valence-electron chi connectivity index (χ0n) is 26.9. The van der Waals surface area contributed by atoms with Crippen LogP contribution in [0, 0.1) is 5.82 Å². The molecule has 5 rings (SSSR count). The third-order valence-corrected chi connectivity index (χ3v) is 9.36. The third kappa shape index (κ3) is 7.97. The fraction of sp³-hybridized carbons (Fsp3) is 0.257. The van der Waals surface area contributed by atoms with Gasteiger partial charge in [0, 0.05) is 15.6 Å². The molecule has 10 nitrogen and oxygen atoms in total. The van der Waals surface area contributed by atoms with E-state index in [2.05, 4.69) is 41.6 Å². The summed E-state index contributed by atoms with van der Waals surface area (Å²) in [6.07, 6.45) is 1.67. The van der Waals surface area contributed by atoms with Crippen LogP contribution in [0.3, 0.4) is 0 Å². The average molecular weight is 819 g/mol. The SMILES string of the molecule is CCOC(=O)C1=C(C)N=c2s/c(=C/c3cc(Br)cc(Br)c3OCc3ccccc3F)c(=O)n2[C@H]1c1ccc(OCC(=O)OC)c(OCC)c1. The van der Waals surface area contributed by atoms with E-state index in [1.807, 2.05) is 0 Å². The molecule has 1 aliphatic heterocycles. The van der Waals surface area contributed by atoms with Gasteiger partial charge in [0.15, 0.2) is 22.9 Å². The van der Waals surface area contributed by atoms with Gasteiger partial charge in [0.2, 0.25) is 0 Å². The number of thiazole rings is 1. The number of rotatable bonds is 12. The first-order valence-corrected chi connectivity index (χ1v) is 17.5. The molecule has 14 heteroatoms. The number of ether oxygens (including phenoxy) is 5. The highest BCUT2D eigenvalue weighted by Gasteiger charge is 2.34. The van der Waals surface area contributed by atoms with E-state index in [0.717, 1.165) is 11.3 Å². The monoisotopic (exact) mass is 816 g/mol. The van der Waals surface area contributed by atoms with Crippen LogP contribution in [-0.4, -0.2) is 43.4 Å². The van der Waals surface area contributed by atoms with Gasteiger partial charge < -0.3 is 23.7 Å². The Balaban J connectivity index is 1.65. The van der Waals surface area contributed by atoms with Crippen molar-refractivity contribution in [1.29, 1.82) is 0 Å². The first-order valence-electron chi connectivity index (χ1n) is 15.1. The minimum absolute atomic E-state index is 0.0431. The lowest BCUT2D eigenvalue weighted by Gasteiger charge is -2.25. The zero-order chi connectivity index (χ0) is 35.2. The number of fused-ring (bicyclic) bond motifs is 1. The molecule has 0 spiro atoms. The Labute approximate surface area is 301 Å². The predicted octanol–water partition coefficient (Wildman–Crippen LogP) is 5.99. The molecule has 4 aromatic rings. The molecule has 1 aliphatic rings. The van der Waals surface area contributed by atoms with Gasteiger partial charge in [-0.1, -0.05) is 51.5 Å². The number of halogens is 3. The summed E-state index contributed by atoms with van der Waals surface area (Å²) >= 11 is 8.19. The molecule has 0 saturated heterocycles. The summed E-state index contributed by atoms with van der Waals surface area (Å²) in [6, 6.07) is 13.9. The molecule has 0 unspecified atom stereocenters. The van der Waals surface area contributed by atoms with Gasteiger partial charge in [-0.3, -0.25) is 9.36 Å². The molecule has 0 bridgehead atoms. The smallest absolute Gasteiger partial charge is 0.343 e. The Morgan fingerprint density at radius 3 is 2.51 bits per heavy atom. The molecular formula is C35H31Br2FN2O8S. The maximum atomic E-state index is 14.4. The van der Waals surface area contributed by atoms with E-state index in [0.29, 0.717) is 52.2 Å². The lowest BCUT2D eigenvalue weighted by Crippen LogP contribution is -2.40. The molecule has 0 saturated carbocycles. The number of hydrogen-bond donors (Lipinski definition) is 0. The maximum absolute atomic E-state index is 14.4. The lowest BCUT2D eigenvalue weighted by molar-refractivity contribution is -0.143. The van der Waals surface area contributed by atoms with E-state index >= 15 is 0 Å². The van der Waals surface area contributed by atoms with Crippen LogP contribution in [0.5, 0.6) is 17.2 Å². The van der Waals surface area contributed by atoms with Crippen molar-refractivity contribution in [3.8, 4) is 17.2 Å². The number of benzene rings is 3. The van der Waals surface area contributed by atoms with Gasteiger partial charge in [0.25, 0.3) is 5.56 Å². The molecule has 0 N–H and O–H groups in total. The number of aromatic nitrogens is 1. The topological polar surface area (TPSA) is 115 Å². The van der Waals surface area contributed by atoms with Crippen LogP contribution in [0.1, 0.15) is 43.5 Å². The first kappa shape index (κ1) is 36.0. The average Bonchev–Trinajstić information content (AvgIpc) is 3.37. The predicted molar refractivity (Wildman–Crippen MR) is 188 cm³/mol. The number of hydrogen-bond acceptors (Lipinski definition) is 10. The van der Waals surface area contributed by atoms with Gasteiger partial charge in [0.05, 0.1) is 46.6 Å². The van der Waals surface area contributed by atoms with Crippen molar-refractivity contribution < 1.29 is 37.7 Å². The van der Waals surface area contributed by atoms with Crippen molar-refractivity contribution >= 4 is 61.2 Å². The van der Waals surface area contributed by atoms with Crippen molar-refractivity contribution in [1.82, 2.24) is 4.57 Å². The summed E-state index contributed by atoms with van der Waals surface area (Å²) in [4.78, 5) is 44.5. The van der Waals surface area contributed by atoms with Crippen LogP contribution < -0.4 is 29.1 Å². The van der Waals surface area contributed by atoms with Crippen molar-refractivity contribution in [2.45, 2.75) is 33.4 Å². The molecule has 3 aromatic carbocycles. The molecule has 256 valence electrons. The minimum Gasteiger partial charge on any atom is -0.490 e. The van der Waals surface area contributed by atoms with Crippen molar-refractivity contribution in [3.05, 3.63) is 117 Å². The minimum atomic E-state index is -0.933. The molecule has 1 atom stereocenters. The molecule has 49 heavy (non-hydrogen) atoms. The Morgan fingerprint density at radius 2 is 1.80 bits per heavy atom. The summed E-state index contributed by atoms with van der Waals surface area (Å²) in [5, 5.41) is 0. The molecule has 0 amide bonds. The first-order chi connectivity index (χ1) is 23.6. The van der Waals surface area contributed by atoms with Crippen LogP contribution in [0.15, 0.2) is 84.6 Å². The van der Waals surface area contributed by atoms with E-state index in [1.165, 1.54) is 17.7 Å². The lowest BCUT2D eigenvalue weighted by atomic mass is 9.95. The number of carbonyl (C=O) groups excluding carboxylic acids is 2.